The Morgan fingerprint density at radius 1 is 1.11 bits per heavy atom. The Bertz CT molecular complexity index is 1400. The Labute approximate surface area is 201 Å². The number of likely N-dealkylation sites (tertiary alicyclic amines) is 1. The summed E-state index contributed by atoms with van der Waals surface area (Å²) < 4.78 is 15.8. The Kier molecular flexibility index (Phi) is 6.22. The number of hydrogen-bond donors (Lipinski definition) is 1. The summed E-state index contributed by atoms with van der Waals surface area (Å²) in [5.74, 6) is -0.671. The molecule has 1 aromatic carbocycles. The van der Waals surface area contributed by atoms with Gasteiger partial charge in [-0.15, -0.1) is 0 Å². The summed E-state index contributed by atoms with van der Waals surface area (Å²) in [6, 6.07) is 11.6. The van der Waals surface area contributed by atoms with E-state index in [0.29, 0.717) is 41.0 Å². The average molecular weight is 473 g/mol. The summed E-state index contributed by atoms with van der Waals surface area (Å²) in [5, 5.41) is 7.02. The zero-order valence-electron chi connectivity index (χ0n) is 19.3. The van der Waals surface area contributed by atoms with E-state index < -0.39 is 0 Å². The molecule has 178 valence electrons. The van der Waals surface area contributed by atoms with Crippen molar-refractivity contribution in [1.82, 2.24) is 29.8 Å². The molecule has 0 spiro atoms. The van der Waals surface area contributed by atoms with Gasteiger partial charge in [0.2, 0.25) is 0 Å². The van der Waals surface area contributed by atoms with E-state index >= 15 is 0 Å². The van der Waals surface area contributed by atoms with E-state index in [1.54, 1.807) is 54.3 Å². The summed E-state index contributed by atoms with van der Waals surface area (Å²) in [7, 11) is 1.56. The Hall–Kier alpha value is -4.14. The second-order valence-electron chi connectivity index (χ2n) is 8.56. The summed E-state index contributed by atoms with van der Waals surface area (Å²) in [6.07, 6.45) is 7.68. The fourth-order valence-corrected chi connectivity index (χ4v) is 4.65. The molecule has 0 unspecified atom stereocenters. The number of piperidine rings is 1. The number of hydrogen-bond acceptors (Lipinski definition) is 5. The molecular formula is C26H25FN6O2. The van der Waals surface area contributed by atoms with Crippen LogP contribution in [0.1, 0.15) is 63.0 Å². The molecule has 1 atom stereocenters. The lowest BCUT2D eigenvalue weighted by atomic mass is 9.97. The van der Waals surface area contributed by atoms with E-state index in [0.717, 1.165) is 25.0 Å². The van der Waals surface area contributed by atoms with Gasteiger partial charge in [0.15, 0.2) is 5.65 Å². The van der Waals surface area contributed by atoms with Crippen LogP contribution in [0.5, 0.6) is 0 Å². The van der Waals surface area contributed by atoms with Crippen LogP contribution in [-0.4, -0.2) is 49.9 Å². The predicted molar refractivity (Wildman–Crippen MR) is 127 cm³/mol. The van der Waals surface area contributed by atoms with Gasteiger partial charge in [0.1, 0.15) is 11.4 Å². The minimum absolute atomic E-state index is 0.115. The van der Waals surface area contributed by atoms with Gasteiger partial charge in [0.05, 0.1) is 17.9 Å². The molecule has 0 bridgehead atoms. The molecule has 4 heterocycles. The Balaban J connectivity index is 1.46. The molecule has 0 saturated carbocycles. The maximum atomic E-state index is 14.1. The van der Waals surface area contributed by atoms with Gasteiger partial charge in [-0.3, -0.25) is 14.6 Å². The highest BCUT2D eigenvalue weighted by atomic mass is 19.1. The van der Waals surface area contributed by atoms with Crippen LogP contribution in [0.2, 0.25) is 0 Å². The monoisotopic (exact) mass is 472 g/mol. The van der Waals surface area contributed by atoms with Gasteiger partial charge in [-0.1, -0.05) is 18.2 Å². The van der Waals surface area contributed by atoms with E-state index in [9.17, 15) is 14.0 Å². The fraction of sp³-hybridized carbons (Fsp3) is 0.269. The van der Waals surface area contributed by atoms with Crippen molar-refractivity contribution >= 4 is 17.5 Å². The van der Waals surface area contributed by atoms with Crippen LogP contribution in [0.15, 0.2) is 61.1 Å². The first-order chi connectivity index (χ1) is 17.1. The molecule has 0 aliphatic carbocycles. The van der Waals surface area contributed by atoms with E-state index in [4.69, 9.17) is 0 Å². The normalized spacial score (nSPS) is 15.8. The van der Waals surface area contributed by atoms with Crippen molar-refractivity contribution < 1.29 is 14.0 Å². The average Bonchev–Trinajstić information content (AvgIpc) is 3.34. The van der Waals surface area contributed by atoms with E-state index in [1.165, 1.54) is 12.3 Å². The number of benzene rings is 1. The lowest BCUT2D eigenvalue weighted by molar-refractivity contribution is 0.0602. The number of aromatic nitrogens is 4. The third-order valence-electron chi connectivity index (χ3n) is 6.40. The molecular weight excluding hydrogens is 447 g/mol. The van der Waals surface area contributed by atoms with Crippen LogP contribution in [0.25, 0.3) is 5.65 Å². The molecule has 1 N–H and O–H groups in total. The SMILES string of the molecule is CNC(=O)c1cnn2c([C@H]3CCCCN3C(=O)c3ccnc(Cc4ccccc4F)c3)ccnc12. The zero-order chi connectivity index (χ0) is 24.4. The minimum atomic E-state index is -0.292. The summed E-state index contributed by atoms with van der Waals surface area (Å²) in [6.45, 7) is 0.599. The molecule has 2 amide bonds. The molecule has 1 fully saturated rings. The van der Waals surface area contributed by atoms with Crippen LogP contribution in [-0.2, 0) is 6.42 Å². The largest absolute Gasteiger partial charge is 0.355 e. The van der Waals surface area contributed by atoms with Crippen molar-refractivity contribution in [2.75, 3.05) is 13.6 Å². The fourth-order valence-electron chi connectivity index (χ4n) is 4.65. The second kappa shape index (κ2) is 9.61. The molecule has 5 rings (SSSR count). The first-order valence-corrected chi connectivity index (χ1v) is 11.6. The second-order valence-corrected chi connectivity index (χ2v) is 8.56. The summed E-state index contributed by atoms with van der Waals surface area (Å²) in [5.41, 5.74) is 3.31. The van der Waals surface area contributed by atoms with Gasteiger partial charge >= 0.3 is 0 Å². The molecule has 35 heavy (non-hydrogen) atoms. The lowest BCUT2D eigenvalue weighted by Gasteiger charge is -2.36. The highest BCUT2D eigenvalue weighted by Crippen LogP contribution is 2.32. The van der Waals surface area contributed by atoms with E-state index in [2.05, 4.69) is 20.4 Å². The smallest absolute Gasteiger partial charge is 0.256 e. The van der Waals surface area contributed by atoms with Gasteiger partial charge in [-0.25, -0.2) is 13.9 Å². The highest BCUT2D eigenvalue weighted by Gasteiger charge is 2.31. The number of carbonyl (C=O) groups excluding carboxylic acids is 2. The summed E-state index contributed by atoms with van der Waals surface area (Å²) in [4.78, 5) is 36.4. The maximum Gasteiger partial charge on any atom is 0.256 e. The minimum Gasteiger partial charge on any atom is -0.355 e. The zero-order valence-corrected chi connectivity index (χ0v) is 19.3. The Morgan fingerprint density at radius 2 is 1.94 bits per heavy atom. The molecule has 3 aromatic heterocycles. The third kappa shape index (κ3) is 4.37. The first-order valence-electron chi connectivity index (χ1n) is 11.6. The number of nitrogens with zero attached hydrogens (tertiary/aromatic N) is 5. The number of rotatable bonds is 5. The summed E-state index contributed by atoms with van der Waals surface area (Å²) >= 11 is 0. The van der Waals surface area contributed by atoms with Gasteiger partial charge in [0, 0.05) is 43.7 Å². The molecule has 9 heteroatoms. The van der Waals surface area contributed by atoms with Crippen molar-refractivity contribution in [3.05, 3.63) is 95.0 Å². The molecule has 0 radical (unpaired) electrons. The van der Waals surface area contributed by atoms with Crippen molar-refractivity contribution in [2.45, 2.75) is 31.7 Å². The molecule has 1 aliphatic rings. The third-order valence-corrected chi connectivity index (χ3v) is 6.40. The van der Waals surface area contributed by atoms with Crippen molar-refractivity contribution in [2.24, 2.45) is 0 Å². The van der Waals surface area contributed by atoms with Gasteiger partial charge < -0.3 is 10.2 Å². The molecule has 4 aromatic rings. The van der Waals surface area contributed by atoms with Crippen LogP contribution >= 0.6 is 0 Å². The maximum absolute atomic E-state index is 14.1. The van der Waals surface area contributed by atoms with Gasteiger partial charge in [-0.05, 0) is 49.1 Å². The molecule has 1 aliphatic heterocycles. The van der Waals surface area contributed by atoms with Crippen molar-refractivity contribution in [3.8, 4) is 0 Å². The van der Waals surface area contributed by atoms with Crippen LogP contribution < -0.4 is 5.32 Å². The van der Waals surface area contributed by atoms with Crippen LogP contribution in [0.4, 0.5) is 4.39 Å². The van der Waals surface area contributed by atoms with Crippen LogP contribution in [0, 0.1) is 5.82 Å². The number of carbonyl (C=O) groups is 2. The molecule has 1 saturated heterocycles. The highest BCUT2D eigenvalue weighted by molar-refractivity contribution is 5.99. The number of halogens is 1. The number of amides is 2. The quantitative estimate of drug-likeness (QED) is 0.479. The van der Waals surface area contributed by atoms with Crippen molar-refractivity contribution in [1.29, 1.82) is 0 Å². The van der Waals surface area contributed by atoms with Crippen LogP contribution in [0.3, 0.4) is 0 Å². The number of fused-ring (bicyclic) bond motifs is 1. The van der Waals surface area contributed by atoms with Crippen molar-refractivity contribution in [3.63, 3.8) is 0 Å². The van der Waals surface area contributed by atoms with E-state index in [-0.39, 0.29) is 23.7 Å². The first kappa shape index (κ1) is 22.6. The van der Waals surface area contributed by atoms with E-state index in [1.807, 2.05) is 11.0 Å². The topological polar surface area (TPSA) is 92.5 Å². The predicted octanol–water partition coefficient (Wildman–Crippen LogP) is 3.58. The molecule has 8 nitrogen and oxygen atoms in total. The Morgan fingerprint density at radius 3 is 2.77 bits per heavy atom. The lowest BCUT2D eigenvalue weighted by Crippen LogP contribution is -2.39. The number of pyridine rings is 1. The van der Waals surface area contributed by atoms with Gasteiger partial charge in [-0.2, -0.15) is 5.10 Å². The van der Waals surface area contributed by atoms with Gasteiger partial charge in [0.25, 0.3) is 11.8 Å². The number of nitrogens with one attached hydrogen (secondary N) is 1. The standard InChI is InChI=1S/C26H25FN6O2/c1-28-25(34)20-16-31-33-23(10-12-30-24(20)33)22-8-4-5-13-32(22)26(35)18-9-11-29-19(15-18)14-17-6-2-3-7-21(17)27/h2-3,6-7,9-12,15-16,22H,4-5,8,13-14H2,1H3,(H,28,34)/t22-/m1/s1.